The van der Waals surface area contributed by atoms with Gasteiger partial charge in [-0.15, -0.1) is 0 Å². The zero-order valence-corrected chi connectivity index (χ0v) is 17.1. The molecule has 1 atom stereocenters. The highest BCUT2D eigenvalue weighted by Crippen LogP contribution is 2.35. The maximum atomic E-state index is 14.2. The molecule has 3 aromatic rings. The number of hydrogen-bond acceptors (Lipinski definition) is 3. The quantitative estimate of drug-likeness (QED) is 0.705. The van der Waals surface area contributed by atoms with Crippen molar-refractivity contribution >= 4 is 22.5 Å². The third-order valence-corrected chi connectivity index (χ3v) is 5.88. The molecular formula is C22H24ClFN2O2. The third-order valence-electron chi connectivity index (χ3n) is 5.65. The fraction of sp³-hybridized carbons (Fsp3) is 0.364. The minimum absolute atomic E-state index is 0.168. The second-order valence-electron chi connectivity index (χ2n) is 7.78. The van der Waals surface area contributed by atoms with Crippen LogP contribution in [0.2, 0.25) is 5.02 Å². The van der Waals surface area contributed by atoms with Gasteiger partial charge in [0.05, 0.1) is 13.7 Å². The summed E-state index contributed by atoms with van der Waals surface area (Å²) in [6.45, 7) is 3.85. The van der Waals surface area contributed by atoms with E-state index in [0.717, 1.165) is 30.4 Å². The molecule has 0 amide bonds. The molecule has 0 saturated carbocycles. The number of ether oxygens (including phenoxy) is 1. The lowest BCUT2D eigenvalue weighted by Gasteiger charge is -2.29. The molecule has 1 aromatic heterocycles. The molecule has 1 N–H and O–H groups in total. The first kappa shape index (κ1) is 19.2. The predicted molar refractivity (Wildman–Crippen MR) is 110 cm³/mol. The van der Waals surface area contributed by atoms with Crippen molar-refractivity contribution in [3.05, 3.63) is 64.1 Å². The van der Waals surface area contributed by atoms with Crippen molar-refractivity contribution in [1.82, 2.24) is 9.47 Å². The molecule has 0 spiro atoms. The highest BCUT2D eigenvalue weighted by Gasteiger charge is 2.30. The van der Waals surface area contributed by atoms with Crippen LogP contribution in [0.5, 0.6) is 5.75 Å². The van der Waals surface area contributed by atoms with Gasteiger partial charge in [-0.05, 0) is 55.4 Å². The summed E-state index contributed by atoms with van der Waals surface area (Å²) in [7, 11) is 3.53. The van der Waals surface area contributed by atoms with Gasteiger partial charge in [-0.25, -0.2) is 4.39 Å². The summed E-state index contributed by atoms with van der Waals surface area (Å²) in [5.74, 6) is -0.311. The number of benzene rings is 2. The van der Waals surface area contributed by atoms with Crippen LogP contribution in [-0.2, 0) is 25.1 Å². The van der Waals surface area contributed by atoms with Crippen molar-refractivity contribution in [3.8, 4) is 5.75 Å². The first-order chi connectivity index (χ1) is 13.3. The van der Waals surface area contributed by atoms with Gasteiger partial charge in [0.25, 0.3) is 0 Å². The SMILES string of the molecule is COc1ccc(C(C)(O)Cn2c3c(c4cc(Cl)ccc42)CN(C)CC3)cc1F. The number of likely N-dealkylation sites (N-methyl/N-ethyl adjacent to an activating group) is 1. The van der Waals surface area contributed by atoms with E-state index in [-0.39, 0.29) is 5.75 Å². The Kier molecular flexibility index (Phi) is 4.86. The van der Waals surface area contributed by atoms with Gasteiger partial charge in [0.15, 0.2) is 11.6 Å². The molecule has 0 radical (unpaired) electrons. The minimum Gasteiger partial charge on any atom is -0.494 e. The average molecular weight is 403 g/mol. The normalized spacial score (nSPS) is 16.8. The largest absolute Gasteiger partial charge is 0.494 e. The fourth-order valence-electron chi connectivity index (χ4n) is 4.14. The van der Waals surface area contributed by atoms with Crippen molar-refractivity contribution in [2.24, 2.45) is 0 Å². The van der Waals surface area contributed by atoms with E-state index in [0.29, 0.717) is 17.1 Å². The molecule has 0 bridgehead atoms. The Bertz CT molecular complexity index is 1040. The Hall–Kier alpha value is -2.08. The smallest absolute Gasteiger partial charge is 0.165 e. The molecule has 1 aliphatic heterocycles. The van der Waals surface area contributed by atoms with Crippen LogP contribution in [0.3, 0.4) is 0 Å². The topological polar surface area (TPSA) is 37.6 Å². The van der Waals surface area contributed by atoms with E-state index in [1.165, 1.54) is 24.4 Å². The van der Waals surface area contributed by atoms with Crippen molar-refractivity contribution in [3.63, 3.8) is 0 Å². The van der Waals surface area contributed by atoms with Gasteiger partial charge >= 0.3 is 0 Å². The van der Waals surface area contributed by atoms with E-state index < -0.39 is 11.4 Å². The van der Waals surface area contributed by atoms with Gasteiger partial charge in [0.2, 0.25) is 0 Å². The minimum atomic E-state index is -1.24. The molecule has 6 heteroatoms. The molecule has 1 unspecified atom stereocenters. The standard InChI is InChI=1S/C22H24ClFN2O2/c1-22(27,14-4-7-21(28-3)18(24)10-14)13-26-19-6-5-15(23)11-16(19)17-12-25(2)9-8-20(17)26/h4-7,10-11,27H,8-9,12-13H2,1-3H3. The number of methoxy groups -OCH3 is 1. The summed E-state index contributed by atoms with van der Waals surface area (Å²) in [4.78, 5) is 2.28. The van der Waals surface area contributed by atoms with E-state index in [9.17, 15) is 9.50 Å². The maximum Gasteiger partial charge on any atom is 0.165 e. The molecule has 28 heavy (non-hydrogen) atoms. The van der Waals surface area contributed by atoms with Crippen molar-refractivity contribution in [2.45, 2.75) is 32.0 Å². The van der Waals surface area contributed by atoms with Gasteiger partial charge in [0, 0.05) is 41.1 Å². The summed E-state index contributed by atoms with van der Waals surface area (Å²) in [6.07, 6.45) is 0.894. The van der Waals surface area contributed by atoms with Crippen molar-refractivity contribution in [1.29, 1.82) is 0 Å². The molecule has 2 heterocycles. The summed E-state index contributed by atoms with van der Waals surface area (Å²) >= 11 is 6.26. The maximum absolute atomic E-state index is 14.2. The highest BCUT2D eigenvalue weighted by molar-refractivity contribution is 6.31. The lowest BCUT2D eigenvalue weighted by Crippen LogP contribution is -2.31. The number of rotatable bonds is 4. The Morgan fingerprint density at radius 2 is 2.04 bits per heavy atom. The number of aliphatic hydroxyl groups is 1. The monoisotopic (exact) mass is 402 g/mol. The van der Waals surface area contributed by atoms with E-state index >= 15 is 0 Å². The second kappa shape index (κ2) is 7.07. The number of hydrogen-bond donors (Lipinski definition) is 1. The Balaban J connectivity index is 1.80. The summed E-state index contributed by atoms with van der Waals surface area (Å²) in [5, 5.41) is 13.1. The Labute approximate surface area is 169 Å². The molecule has 0 saturated heterocycles. The zero-order valence-electron chi connectivity index (χ0n) is 16.3. The van der Waals surface area contributed by atoms with Crippen LogP contribution in [0.15, 0.2) is 36.4 Å². The molecule has 148 valence electrons. The first-order valence-corrected chi connectivity index (χ1v) is 9.72. The van der Waals surface area contributed by atoms with Crippen LogP contribution in [0, 0.1) is 5.82 Å². The number of aromatic nitrogens is 1. The van der Waals surface area contributed by atoms with Crippen molar-refractivity contribution in [2.75, 3.05) is 20.7 Å². The zero-order chi connectivity index (χ0) is 20.1. The average Bonchev–Trinajstić information content (AvgIpc) is 2.93. The molecular weight excluding hydrogens is 379 g/mol. The second-order valence-corrected chi connectivity index (χ2v) is 8.22. The molecule has 4 rings (SSSR count). The lowest BCUT2D eigenvalue weighted by molar-refractivity contribution is 0.0381. The van der Waals surface area contributed by atoms with E-state index in [4.69, 9.17) is 16.3 Å². The molecule has 4 nitrogen and oxygen atoms in total. The van der Waals surface area contributed by atoms with Crippen LogP contribution in [0.1, 0.15) is 23.7 Å². The molecule has 0 aliphatic carbocycles. The molecule has 1 aliphatic rings. The van der Waals surface area contributed by atoms with E-state index in [2.05, 4.69) is 16.5 Å². The van der Waals surface area contributed by atoms with Gasteiger partial charge in [-0.1, -0.05) is 17.7 Å². The van der Waals surface area contributed by atoms with Crippen LogP contribution >= 0.6 is 11.6 Å². The van der Waals surface area contributed by atoms with E-state index in [1.807, 2.05) is 18.2 Å². The van der Waals surface area contributed by atoms with Gasteiger partial charge < -0.3 is 19.3 Å². The van der Waals surface area contributed by atoms with Crippen molar-refractivity contribution < 1.29 is 14.2 Å². The van der Waals surface area contributed by atoms with E-state index in [1.54, 1.807) is 19.1 Å². The number of nitrogens with zero attached hydrogens (tertiary/aromatic N) is 2. The van der Waals surface area contributed by atoms with Crippen LogP contribution in [0.25, 0.3) is 10.9 Å². The first-order valence-electron chi connectivity index (χ1n) is 9.34. The number of halogens is 2. The summed E-state index contributed by atoms with van der Waals surface area (Å²) in [5.41, 5.74) is 2.78. The van der Waals surface area contributed by atoms with Gasteiger partial charge in [0.1, 0.15) is 5.60 Å². The molecule has 0 fully saturated rings. The lowest BCUT2D eigenvalue weighted by atomic mass is 9.95. The number of fused-ring (bicyclic) bond motifs is 3. The van der Waals surface area contributed by atoms with Crippen LogP contribution in [-0.4, -0.2) is 35.3 Å². The third kappa shape index (κ3) is 3.28. The predicted octanol–water partition coefficient (Wildman–Crippen LogP) is 4.34. The summed E-state index contributed by atoms with van der Waals surface area (Å²) in [6, 6.07) is 10.5. The van der Waals surface area contributed by atoms with Gasteiger partial charge in [-0.2, -0.15) is 0 Å². The highest BCUT2D eigenvalue weighted by atomic mass is 35.5. The van der Waals surface area contributed by atoms with Crippen LogP contribution < -0.4 is 4.74 Å². The summed E-state index contributed by atoms with van der Waals surface area (Å²) < 4.78 is 21.4. The van der Waals surface area contributed by atoms with Crippen LogP contribution in [0.4, 0.5) is 4.39 Å². The Morgan fingerprint density at radius 1 is 1.25 bits per heavy atom. The van der Waals surface area contributed by atoms with Gasteiger partial charge in [-0.3, -0.25) is 0 Å². The Morgan fingerprint density at radius 3 is 2.75 bits per heavy atom. The fourth-order valence-corrected chi connectivity index (χ4v) is 4.31. The molecule has 2 aromatic carbocycles.